The predicted octanol–water partition coefficient (Wildman–Crippen LogP) is 5.56. The molecule has 0 aliphatic heterocycles. The molecule has 158 valence electrons. The van der Waals surface area contributed by atoms with Crippen LogP contribution in [0.25, 0.3) is 0 Å². The second-order valence-electron chi connectivity index (χ2n) is 7.00. The van der Waals surface area contributed by atoms with E-state index in [4.69, 9.17) is 0 Å². The molecule has 0 fully saturated rings. The number of hydrogen-bond donors (Lipinski definition) is 1. The average Bonchev–Trinajstić information content (AvgIpc) is 3.21. The van der Waals surface area contributed by atoms with Gasteiger partial charge >= 0.3 is 0 Å². The quantitative estimate of drug-likeness (QED) is 0.420. The summed E-state index contributed by atoms with van der Waals surface area (Å²) >= 11 is 3.32. The number of amides is 1. The Morgan fingerprint density at radius 3 is 2.47 bits per heavy atom. The van der Waals surface area contributed by atoms with Crippen LogP contribution in [0, 0.1) is 6.92 Å². The van der Waals surface area contributed by atoms with E-state index in [1.807, 2.05) is 37.3 Å². The van der Waals surface area contributed by atoms with Crippen molar-refractivity contribution in [3.63, 3.8) is 0 Å². The summed E-state index contributed by atoms with van der Waals surface area (Å²) in [5, 5.41) is 6.33. The van der Waals surface area contributed by atoms with E-state index in [2.05, 4.69) is 58.7 Å². The normalized spacial score (nSPS) is 12.1. The van der Waals surface area contributed by atoms with E-state index in [9.17, 15) is 4.79 Å². The molecule has 1 aromatic heterocycles. The summed E-state index contributed by atoms with van der Waals surface area (Å²) < 4.78 is 0. The van der Waals surface area contributed by atoms with Crippen molar-refractivity contribution < 1.29 is 4.79 Å². The monoisotopic (exact) mass is 439 g/mol. The van der Waals surface area contributed by atoms with Crippen LogP contribution in [0.15, 0.2) is 64.9 Å². The van der Waals surface area contributed by atoms with E-state index in [0.717, 1.165) is 40.0 Å². The molecule has 0 aliphatic carbocycles. The predicted molar refractivity (Wildman–Crippen MR) is 127 cm³/mol. The number of aryl methyl sites for hydroxylation is 1. The van der Waals surface area contributed by atoms with E-state index in [-0.39, 0.29) is 11.9 Å². The number of benzene rings is 2. The maximum Gasteiger partial charge on any atom is 0.252 e. The SMILES string of the molecule is CCN(CC)C(CNC(=O)c1ccccc1SCc1csc(C)n1)c1ccccc1. The molecule has 1 unspecified atom stereocenters. The van der Waals surface area contributed by atoms with E-state index in [1.54, 1.807) is 23.1 Å². The van der Waals surface area contributed by atoms with E-state index in [1.165, 1.54) is 5.56 Å². The lowest BCUT2D eigenvalue weighted by molar-refractivity contribution is 0.0932. The first kappa shape index (κ1) is 22.5. The van der Waals surface area contributed by atoms with Crippen molar-refractivity contribution in [3.8, 4) is 0 Å². The number of nitrogens with zero attached hydrogens (tertiary/aromatic N) is 2. The van der Waals surface area contributed by atoms with Gasteiger partial charge in [-0.1, -0.05) is 56.3 Å². The number of thiazole rings is 1. The molecule has 0 saturated heterocycles. The van der Waals surface area contributed by atoms with Gasteiger partial charge in [0.25, 0.3) is 5.91 Å². The molecule has 30 heavy (non-hydrogen) atoms. The molecule has 1 heterocycles. The average molecular weight is 440 g/mol. The standard InChI is InChI=1S/C24H29N3OS2/c1-4-27(5-2)22(19-11-7-6-8-12-19)15-25-24(28)21-13-9-10-14-23(21)30-17-20-16-29-18(3)26-20/h6-14,16,22H,4-5,15,17H2,1-3H3,(H,25,28). The number of nitrogens with one attached hydrogen (secondary N) is 1. The van der Waals surface area contributed by atoms with Crippen LogP contribution in [0.1, 0.15) is 46.5 Å². The van der Waals surface area contributed by atoms with Crippen molar-refractivity contribution in [1.29, 1.82) is 0 Å². The molecule has 0 radical (unpaired) electrons. The Balaban J connectivity index is 1.70. The fourth-order valence-corrected chi connectivity index (χ4v) is 5.15. The van der Waals surface area contributed by atoms with E-state index in [0.29, 0.717) is 6.54 Å². The van der Waals surface area contributed by atoms with Crippen molar-refractivity contribution in [2.45, 2.75) is 37.5 Å². The van der Waals surface area contributed by atoms with Crippen molar-refractivity contribution in [2.75, 3.05) is 19.6 Å². The van der Waals surface area contributed by atoms with Gasteiger partial charge in [-0.05, 0) is 37.7 Å². The number of carbonyl (C=O) groups excluding carboxylic acids is 1. The summed E-state index contributed by atoms with van der Waals surface area (Å²) in [6.45, 7) is 8.78. The summed E-state index contributed by atoms with van der Waals surface area (Å²) in [5.41, 5.74) is 3.01. The zero-order valence-corrected chi connectivity index (χ0v) is 19.4. The smallest absolute Gasteiger partial charge is 0.252 e. The number of rotatable bonds is 10. The first-order chi connectivity index (χ1) is 14.6. The van der Waals surface area contributed by atoms with Crippen LogP contribution in [-0.4, -0.2) is 35.4 Å². The minimum absolute atomic E-state index is 0.0272. The van der Waals surface area contributed by atoms with Crippen LogP contribution in [0.4, 0.5) is 0 Å². The molecular weight excluding hydrogens is 410 g/mol. The summed E-state index contributed by atoms with van der Waals surface area (Å²) in [7, 11) is 0. The van der Waals surface area contributed by atoms with Crippen LogP contribution >= 0.6 is 23.1 Å². The van der Waals surface area contributed by atoms with Gasteiger partial charge in [-0.15, -0.1) is 23.1 Å². The third-order valence-corrected chi connectivity index (χ3v) is 7.00. The molecule has 3 aromatic rings. The molecule has 0 saturated carbocycles. The van der Waals surface area contributed by atoms with Gasteiger partial charge in [-0.25, -0.2) is 4.98 Å². The lowest BCUT2D eigenvalue weighted by Crippen LogP contribution is -2.38. The molecular formula is C24H29N3OS2. The van der Waals surface area contributed by atoms with Gasteiger partial charge in [0.05, 0.1) is 22.3 Å². The second kappa shape index (κ2) is 11.3. The molecule has 6 heteroatoms. The number of carbonyl (C=O) groups is 1. The zero-order chi connectivity index (χ0) is 21.3. The van der Waals surface area contributed by atoms with Gasteiger partial charge in [0, 0.05) is 22.6 Å². The Kier molecular flexibility index (Phi) is 8.49. The van der Waals surface area contributed by atoms with Gasteiger partial charge in [-0.3, -0.25) is 9.69 Å². The maximum absolute atomic E-state index is 13.1. The van der Waals surface area contributed by atoms with Gasteiger partial charge in [0.2, 0.25) is 0 Å². The molecule has 1 N–H and O–H groups in total. The lowest BCUT2D eigenvalue weighted by atomic mass is 10.0. The Bertz CT molecular complexity index is 938. The van der Waals surface area contributed by atoms with Gasteiger partial charge < -0.3 is 5.32 Å². The number of thioether (sulfide) groups is 1. The third-order valence-electron chi connectivity index (χ3n) is 5.07. The molecule has 0 spiro atoms. The highest BCUT2D eigenvalue weighted by Crippen LogP contribution is 2.27. The molecule has 4 nitrogen and oxygen atoms in total. The van der Waals surface area contributed by atoms with Gasteiger partial charge in [0.15, 0.2) is 0 Å². The Hall–Kier alpha value is -2.15. The van der Waals surface area contributed by atoms with Gasteiger partial charge in [-0.2, -0.15) is 0 Å². The van der Waals surface area contributed by atoms with Crippen molar-refractivity contribution in [3.05, 3.63) is 81.8 Å². The fourth-order valence-electron chi connectivity index (χ4n) is 3.49. The highest BCUT2D eigenvalue weighted by atomic mass is 32.2. The van der Waals surface area contributed by atoms with Crippen LogP contribution in [-0.2, 0) is 5.75 Å². The van der Waals surface area contributed by atoms with E-state index >= 15 is 0 Å². The molecule has 1 amide bonds. The molecule has 2 aromatic carbocycles. The largest absolute Gasteiger partial charge is 0.350 e. The zero-order valence-electron chi connectivity index (χ0n) is 17.8. The number of likely N-dealkylation sites (N-methyl/N-ethyl adjacent to an activating group) is 1. The summed E-state index contributed by atoms with van der Waals surface area (Å²) in [5.74, 6) is 0.737. The minimum Gasteiger partial charge on any atom is -0.350 e. The van der Waals surface area contributed by atoms with Crippen LogP contribution in [0.3, 0.4) is 0 Å². The fraction of sp³-hybridized carbons (Fsp3) is 0.333. The maximum atomic E-state index is 13.1. The number of hydrogen-bond acceptors (Lipinski definition) is 5. The lowest BCUT2D eigenvalue weighted by Gasteiger charge is -2.30. The minimum atomic E-state index is -0.0272. The van der Waals surface area contributed by atoms with Crippen molar-refractivity contribution in [1.82, 2.24) is 15.2 Å². The topological polar surface area (TPSA) is 45.2 Å². The molecule has 1 atom stereocenters. The highest BCUT2D eigenvalue weighted by Gasteiger charge is 2.20. The second-order valence-corrected chi connectivity index (χ2v) is 9.08. The Labute approximate surface area is 187 Å². The Morgan fingerprint density at radius 2 is 1.80 bits per heavy atom. The van der Waals surface area contributed by atoms with Crippen molar-refractivity contribution >= 4 is 29.0 Å². The summed E-state index contributed by atoms with van der Waals surface area (Å²) in [6.07, 6.45) is 0. The number of aromatic nitrogens is 1. The van der Waals surface area contributed by atoms with Gasteiger partial charge in [0.1, 0.15) is 0 Å². The highest BCUT2D eigenvalue weighted by molar-refractivity contribution is 7.98. The molecule has 0 bridgehead atoms. The molecule has 3 rings (SSSR count). The van der Waals surface area contributed by atoms with E-state index < -0.39 is 0 Å². The van der Waals surface area contributed by atoms with Crippen LogP contribution in [0.2, 0.25) is 0 Å². The third kappa shape index (κ3) is 5.94. The van der Waals surface area contributed by atoms with Crippen molar-refractivity contribution in [2.24, 2.45) is 0 Å². The molecule has 0 aliphatic rings. The summed E-state index contributed by atoms with van der Waals surface area (Å²) in [6, 6.07) is 18.4. The first-order valence-electron chi connectivity index (χ1n) is 10.3. The Morgan fingerprint density at radius 1 is 1.10 bits per heavy atom. The van der Waals surface area contributed by atoms with Crippen LogP contribution < -0.4 is 5.32 Å². The van der Waals surface area contributed by atoms with Crippen LogP contribution in [0.5, 0.6) is 0 Å². The first-order valence-corrected chi connectivity index (χ1v) is 12.2. The summed E-state index contributed by atoms with van der Waals surface area (Å²) in [4.78, 5) is 20.9.